The quantitative estimate of drug-likeness (QED) is 0.281. The SMILES string of the molecule is CN(CC1CCC1)c1ccc(C(N)=NO)cc1[N+](=O)[O-]. The van der Waals surface area contributed by atoms with Gasteiger partial charge in [0.05, 0.1) is 4.92 Å². The predicted octanol–water partition coefficient (Wildman–Crippen LogP) is 1.93. The summed E-state index contributed by atoms with van der Waals surface area (Å²) in [6.45, 7) is 0.809. The Morgan fingerprint density at radius 1 is 1.60 bits per heavy atom. The van der Waals surface area contributed by atoms with Gasteiger partial charge in [-0.3, -0.25) is 10.1 Å². The van der Waals surface area contributed by atoms with Gasteiger partial charge in [0.15, 0.2) is 5.84 Å². The number of benzene rings is 1. The summed E-state index contributed by atoms with van der Waals surface area (Å²) < 4.78 is 0. The highest BCUT2D eigenvalue weighted by atomic mass is 16.6. The highest BCUT2D eigenvalue weighted by Gasteiger charge is 2.23. The number of nitro benzene ring substituents is 1. The molecule has 1 saturated carbocycles. The topological polar surface area (TPSA) is 105 Å². The van der Waals surface area contributed by atoms with Crippen LogP contribution in [-0.2, 0) is 0 Å². The van der Waals surface area contributed by atoms with Crippen molar-refractivity contribution in [2.45, 2.75) is 19.3 Å². The van der Waals surface area contributed by atoms with Gasteiger partial charge in [-0.1, -0.05) is 11.6 Å². The summed E-state index contributed by atoms with van der Waals surface area (Å²) in [7, 11) is 1.85. The first-order chi connectivity index (χ1) is 9.52. The summed E-state index contributed by atoms with van der Waals surface area (Å²) in [6.07, 6.45) is 3.60. The van der Waals surface area contributed by atoms with Crippen molar-refractivity contribution in [3.8, 4) is 0 Å². The first-order valence-corrected chi connectivity index (χ1v) is 6.50. The van der Waals surface area contributed by atoms with E-state index in [0.29, 0.717) is 17.2 Å². The molecule has 0 bridgehead atoms. The van der Waals surface area contributed by atoms with Gasteiger partial charge in [0, 0.05) is 25.2 Å². The fraction of sp³-hybridized carbons (Fsp3) is 0.462. The van der Waals surface area contributed by atoms with Crippen LogP contribution in [0.5, 0.6) is 0 Å². The van der Waals surface area contributed by atoms with E-state index >= 15 is 0 Å². The van der Waals surface area contributed by atoms with Gasteiger partial charge in [-0.15, -0.1) is 0 Å². The van der Waals surface area contributed by atoms with Crippen molar-refractivity contribution in [2.75, 3.05) is 18.5 Å². The average molecular weight is 278 g/mol. The minimum Gasteiger partial charge on any atom is -0.409 e. The fourth-order valence-electron chi connectivity index (χ4n) is 2.37. The lowest BCUT2D eigenvalue weighted by molar-refractivity contribution is -0.384. The minimum atomic E-state index is -0.444. The number of nitro groups is 1. The predicted molar refractivity (Wildman–Crippen MR) is 76.2 cm³/mol. The van der Waals surface area contributed by atoms with Crippen LogP contribution in [0.15, 0.2) is 23.4 Å². The first kappa shape index (κ1) is 14.1. The normalized spacial score (nSPS) is 15.8. The molecule has 0 atom stereocenters. The van der Waals surface area contributed by atoms with Crippen molar-refractivity contribution >= 4 is 17.2 Å². The van der Waals surface area contributed by atoms with Crippen molar-refractivity contribution in [2.24, 2.45) is 16.8 Å². The Morgan fingerprint density at radius 2 is 2.30 bits per heavy atom. The van der Waals surface area contributed by atoms with Gasteiger partial charge in [-0.2, -0.15) is 0 Å². The van der Waals surface area contributed by atoms with Crippen LogP contribution in [0.4, 0.5) is 11.4 Å². The minimum absolute atomic E-state index is 0.0316. The lowest BCUT2D eigenvalue weighted by atomic mass is 9.85. The number of anilines is 1. The number of hydrogen-bond donors (Lipinski definition) is 2. The highest BCUT2D eigenvalue weighted by molar-refractivity contribution is 5.98. The molecular formula is C13H18N4O3. The molecule has 7 heteroatoms. The summed E-state index contributed by atoms with van der Waals surface area (Å²) in [5, 5.41) is 22.7. The number of amidine groups is 1. The Balaban J connectivity index is 2.29. The van der Waals surface area contributed by atoms with Crippen molar-refractivity contribution in [3.63, 3.8) is 0 Å². The van der Waals surface area contributed by atoms with E-state index < -0.39 is 4.92 Å². The Hall–Kier alpha value is -2.31. The molecule has 0 amide bonds. The van der Waals surface area contributed by atoms with Crippen LogP contribution in [0, 0.1) is 16.0 Å². The molecular weight excluding hydrogens is 260 g/mol. The summed E-state index contributed by atoms with van der Waals surface area (Å²) in [6, 6.07) is 4.60. The molecule has 7 nitrogen and oxygen atoms in total. The average Bonchev–Trinajstić information content (AvgIpc) is 2.40. The van der Waals surface area contributed by atoms with Gasteiger partial charge in [-0.05, 0) is 30.9 Å². The van der Waals surface area contributed by atoms with Crippen LogP contribution in [0.1, 0.15) is 24.8 Å². The monoisotopic (exact) mass is 278 g/mol. The molecule has 0 saturated heterocycles. The third-order valence-electron chi connectivity index (χ3n) is 3.74. The van der Waals surface area contributed by atoms with E-state index in [4.69, 9.17) is 10.9 Å². The van der Waals surface area contributed by atoms with Crippen molar-refractivity contribution < 1.29 is 10.1 Å². The van der Waals surface area contributed by atoms with Gasteiger partial charge in [0.25, 0.3) is 5.69 Å². The van der Waals surface area contributed by atoms with Crippen LogP contribution in [0.25, 0.3) is 0 Å². The molecule has 1 aliphatic carbocycles. The molecule has 3 N–H and O–H groups in total. The van der Waals surface area contributed by atoms with Crippen LogP contribution in [0.2, 0.25) is 0 Å². The third kappa shape index (κ3) is 2.81. The second-order valence-corrected chi connectivity index (χ2v) is 5.12. The number of hydrogen-bond acceptors (Lipinski definition) is 5. The zero-order chi connectivity index (χ0) is 14.7. The molecule has 1 aromatic carbocycles. The van der Waals surface area contributed by atoms with Crippen molar-refractivity contribution in [3.05, 3.63) is 33.9 Å². The molecule has 1 aliphatic rings. The smallest absolute Gasteiger partial charge is 0.293 e. The number of nitrogens with zero attached hydrogens (tertiary/aromatic N) is 3. The largest absolute Gasteiger partial charge is 0.409 e. The molecule has 108 valence electrons. The van der Waals surface area contributed by atoms with Gasteiger partial charge in [-0.25, -0.2) is 0 Å². The second-order valence-electron chi connectivity index (χ2n) is 5.12. The van der Waals surface area contributed by atoms with Crippen molar-refractivity contribution in [1.82, 2.24) is 0 Å². The van der Waals surface area contributed by atoms with E-state index in [9.17, 15) is 10.1 Å². The van der Waals surface area contributed by atoms with Crippen molar-refractivity contribution in [1.29, 1.82) is 0 Å². The summed E-state index contributed by atoms with van der Waals surface area (Å²) in [5.74, 6) is 0.477. The van der Waals surface area contributed by atoms with E-state index in [1.807, 2.05) is 11.9 Å². The lowest BCUT2D eigenvalue weighted by Crippen LogP contribution is -2.29. The first-order valence-electron chi connectivity index (χ1n) is 6.50. The molecule has 1 aromatic rings. The summed E-state index contributed by atoms with van der Waals surface area (Å²) in [5.41, 5.74) is 6.32. The number of rotatable bonds is 5. The standard InChI is InChI=1S/C13H18N4O3/c1-16(8-9-3-2-4-9)11-6-5-10(13(14)15-18)7-12(11)17(19)20/h5-7,9,18H,2-4,8H2,1H3,(H2,14,15). The van der Waals surface area contributed by atoms with Crippen LogP contribution in [-0.4, -0.2) is 29.6 Å². The highest BCUT2D eigenvalue weighted by Crippen LogP contribution is 2.32. The van der Waals surface area contributed by atoms with Crippen LogP contribution in [0.3, 0.4) is 0 Å². The Morgan fingerprint density at radius 3 is 2.80 bits per heavy atom. The summed E-state index contributed by atoms with van der Waals surface area (Å²) in [4.78, 5) is 12.7. The van der Waals surface area contributed by atoms with Gasteiger partial charge in [0.2, 0.25) is 0 Å². The maximum Gasteiger partial charge on any atom is 0.293 e. The molecule has 0 aromatic heterocycles. The maximum absolute atomic E-state index is 11.2. The molecule has 1 fully saturated rings. The van der Waals surface area contributed by atoms with Crippen LogP contribution < -0.4 is 10.6 Å². The molecule has 0 spiro atoms. The number of nitrogens with two attached hydrogens (primary N) is 1. The molecule has 0 heterocycles. The zero-order valence-electron chi connectivity index (χ0n) is 11.3. The maximum atomic E-state index is 11.2. The van der Waals surface area contributed by atoms with E-state index in [0.717, 1.165) is 6.54 Å². The third-order valence-corrected chi connectivity index (χ3v) is 3.74. The number of oxime groups is 1. The molecule has 20 heavy (non-hydrogen) atoms. The van der Waals surface area contributed by atoms with Gasteiger partial charge in [0.1, 0.15) is 5.69 Å². The van der Waals surface area contributed by atoms with Crippen LogP contribution >= 0.6 is 0 Å². The summed E-state index contributed by atoms with van der Waals surface area (Å²) >= 11 is 0. The second kappa shape index (κ2) is 5.77. The Labute approximate surface area is 116 Å². The Bertz CT molecular complexity index is 540. The Kier molecular flexibility index (Phi) is 4.07. The van der Waals surface area contributed by atoms with Gasteiger partial charge < -0.3 is 15.8 Å². The molecule has 0 radical (unpaired) electrons. The fourth-order valence-corrected chi connectivity index (χ4v) is 2.37. The lowest BCUT2D eigenvalue weighted by Gasteiger charge is -2.31. The van der Waals surface area contributed by atoms with E-state index in [-0.39, 0.29) is 11.5 Å². The van der Waals surface area contributed by atoms with E-state index in [2.05, 4.69) is 5.16 Å². The zero-order valence-corrected chi connectivity index (χ0v) is 11.3. The van der Waals surface area contributed by atoms with E-state index in [1.54, 1.807) is 12.1 Å². The van der Waals surface area contributed by atoms with Gasteiger partial charge >= 0.3 is 0 Å². The van der Waals surface area contributed by atoms with E-state index in [1.165, 1.54) is 25.3 Å². The molecule has 0 unspecified atom stereocenters. The molecule has 0 aliphatic heterocycles. The molecule has 2 rings (SSSR count).